The molecule has 0 aliphatic carbocycles. The second-order valence-electron chi connectivity index (χ2n) is 6.99. The number of carbonyl (C=O) groups is 2. The van der Waals surface area contributed by atoms with Gasteiger partial charge in [-0.3, -0.25) is 14.6 Å². The highest BCUT2D eigenvalue weighted by Gasteiger charge is 2.10. The highest BCUT2D eigenvalue weighted by Crippen LogP contribution is 2.33. The molecule has 0 spiro atoms. The highest BCUT2D eigenvalue weighted by atomic mass is 16.5. The lowest BCUT2D eigenvalue weighted by molar-refractivity contribution is -0.116. The molecule has 3 rings (SSSR count). The van der Waals surface area contributed by atoms with Crippen LogP contribution in [0.15, 0.2) is 73.1 Å². The van der Waals surface area contributed by atoms with E-state index in [4.69, 9.17) is 10.5 Å². The quantitative estimate of drug-likeness (QED) is 0.334. The normalized spacial score (nSPS) is 10.3. The van der Waals surface area contributed by atoms with Crippen molar-refractivity contribution in [3.63, 3.8) is 0 Å². The first-order chi connectivity index (χ1) is 15.1. The molecule has 0 fully saturated rings. The molecule has 7 nitrogen and oxygen atoms in total. The minimum Gasteiger partial charge on any atom is -0.455 e. The van der Waals surface area contributed by atoms with Gasteiger partial charge < -0.3 is 21.1 Å². The summed E-state index contributed by atoms with van der Waals surface area (Å²) in [6, 6.07) is 18.1. The number of amides is 2. The molecule has 1 heterocycles. The first-order valence-electron chi connectivity index (χ1n) is 10.2. The molecular formula is C24H26N4O3. The van der Waals surface area contributed by atoms with Crippen molar-refractivity contribution in [2.75, 3.05) is 17.6 Å². The van der Waals surface area contributed by atoms with Crippen LogP contribution < -0.4 is 21.1 Å². The minimum atomic E-state index is -0.140. The molecule has 0 aliphatic rings. The number of ether oxygens (including phenoxy) is 1. The van der Waals surface area contributed by atoms with E-state index in [1.54, 1.807) is 36.5 Å². The molecule has 0 saturated carbocycles. The largest absolute Gasteiger partial charge is 0.455 e. The van der Waals surface area contributed by atoms with E-state index in [9.17, 15) is 9.59 Å². The topological polar surface area (TPSA) is 106 Å². The van der Waals surface area contributed by atoms with Gasteiger partial charge in [-0.15, -0.1) is 0 Å². The number of nitrogen functional groups attached to an aromatic ring is 1. The fraction of sp³-hybridized carbons (Fsp3) is 0.208. The van der Waals surface area contributed by atoms with Crippen LogP contribution in [0, 0.1) is 0 Å². The molecular weight excluding hydrogens is 392 g/mol. The summed E-state index contributed by atoms with van der Waals surface area (Å²) in [5.41, 5.74) is 7.62. The third-order valence-electron chi connectivity index (χ3n) is 4.60. The first-order valence-corrected chi connectivity index (χ1v) is 10.2. The standard InChI is InChI=1S/C24H26N4O3/c25-23-20(12-7-13-21(23)31-19-10-3-1-4-11-19)28-22(29)14-5-2-6-16-27-24(30)18-9-8-15-26-17-18/h1,3-4,7-13,15,17H,2,5-6,14,16,25H2,(H,27,30)(H,28,29). The Morgan fingerprint density at radius 2 is 1.77 bits per heavy atom. The van der Waals surface area contributed by atoms with Crippen LogP contribution in [0.4, 0.5) is 11.4 Å². The lowest BCUT2D eigenvalue weighted by Crippen LogP contribution is -2.24. The van der Waals surface area contributed by atoms with Crippen molar-refractivity contribution in [3.05, 3.63) is 78.6 Å². The molecule has 3 aromatic rings. The number of aromatic nitrogens is 1. The molecule has 1 aromatic heterocycles. The van der Waals surface area contributed by atoms with E-state index in [-0.39, 0.29) is 11.8 Å². The summed E-state index contributed by atoms with van der Waals surface area (Å²) in [6.45, 7) is 0.557. The number of nitrogens with two attached hydrogens (primary N) is 1. The van der Waals surface area contributed by atoms with Gasteiger partial charge in [-0.1, -0.05) is 30.7 Å². The Morgan fingerprint density at radius 3 is 2.55 bits per heavy atom. The van der Waals surface area contributed by atoms with Crippen molar-refractivity contribution in [2.24, 2.45) is 0 Å². The van der Waals surface area contributed by atoms with Gasteiger partial charge in [0.25, 0.3) is 5.91 Å². The number of pyridine rings is 1. The van der Waals surface area contributed by atoms with E-state index in [1.165, 1.54) is 6.20 Å². The van der Waals surface area contributed by atoms with Crippen LogP contribution in [-0.2, 0) is 4.79 Å². The van der Waals surface area contributed by atoms with E-state index in [0.29, 0.717) is 47.8 Å². The number of para-hydroxylation sites is 2. The van der Waals surface area contributed by atoms with Gasteiger partial charge in [0.1, 0.15) is 5.75 Å². The van der Waals surface area contributed by atoms with Gasteiger partial charge >= 0.3 is 0 Å². The van der Waals surface area contributed by atoms with Gasteiger partial charge in [-0.2, -0.15) is 0 Å². The Kier molecular flexibility index (Phi) is 7.99. The lowest BCUT2D eigenvalue weighted by atomic mass is 10.1. The molecule has 0 atom stereocenters. The number of hydrogen-bond donors (Lipinski definition) is 3. The highest BCUT2D eigenvalue weighted by molar-refractivity contribution is 5.95. The average Bonchev–Trinajstić information content (AvgIpc) is 2.80. The Bertz CT molecular complexity index is 994. The second-order valence-corrected chi connectivity index (χ2v) is 6.99. The van der Waals surface area contributed by atoms with E-state index in [1.807, 2.05) is 30.3 Å². The summed E-state index contributed by atoms with van der Waals surface area (Å²) in [5.74, 6) is 0.920. The third-order valence-corrected chi connectivity index (χ3v) is 4.60. The van der Waals surface area contributed by atoms with Crippen LogP contribution in [0.25, 0.3) is 0 Å². The molecule has 2 amide bonds. The summed E-state index contributed by atoms with van der Waals surface area (Å²) in [4.78, 5) is 28.1. The maximum absolute atomic E-state index is 12.3. The Morgan fingerprint density at radius 1 is 0.935 bits per heavy atom. The first kappa shape index (κ1) is 21.8. The number of benzene rings is 2. The fourth-order valence-corrected chi connectivity index (χ4v) is 2.96. The van der Waals surface area contributed by atoms with E-state index in [0.717, 1.165) is 12.8 Å². The molecule has 0 aliphatic heterocycles. The third kappa shape index (κ3) is 6.85. The van der Waals surface area contributed by atoms with E-state index < -0.39 is 0 Å². The van der Waals surface area contributed by atoms with Gasteiger partial charge in [0, 0.05) is 25.4 Å². The van der Waals surface area contributed by atoms with Gasteiger partial charge in [0.05, 0.1) is 16.9 Å². The number of unbranched alkanes of at least 4 members (excludes halogenated alkanes) is 2. The zero-order valence-corrected chi connectivity index (χ0v) is 17.2. The molecule has 0 unspecified atom stereocenters. The second kappa shape index (κ2) is 11.3. The van der Waals surface area contributed by atoms with Crippen molar-refractivity contribution < 1.29 is 14.3 Å². The smallest absolute Gasteiger partial charge is 0.252 e. The summed E-state index contributed by atoms with van der Waals surface area (Å²) in [6.07, 6.45) is 5.87. The molecule has 2 aromatic carbocycles. The Balaban J connectivity index is 1.38. The monoisotopic (exact) mass is 418 g/mol. The van der Waals surface area contributed by atoms with Crippen LogP contribution in [0.2, 0.25) is 0 Å². The average molecular weight is 418 g/mol. The van der Waals surface area contributed by atoms with Crippen LogP contribution in [0.3, 0.4) is 0 Å². The fourth-order valence-electron chi connectivity index (χ4n) is 2.96. The molecule has 160 valence electrons. The molecule has 0 bridgehead atoms. The lowest BCUT2D eigenvalue weighted by Gasteiger charge is -2.13. The van der Waals surface area contributed by atoms with E-state index in [2.05, 4.69) is 15.6 Å². The predicted molar refractivity (Wildman–Crippen MR) is 121 cm³/mol. The molecule has 0 radical (unpaired) electrons. The summed E-state index contributed by atoms with van der Waals surface area (Å²) < 4.78 is 5.79. The number of rotatable bonds is 10. The molecule has 7 heteroatoms. The summed E-state index contributed by atoms with van der Waals surface area (Å²) in [5, 5.41) is 5.70. The maximum Gasteiger partial charge on any atom is 0.252 e. The minimum absolute atomic E-state index is 0.108. The van der Waals surface area contributed by atoms with Crippen LogP contribution in [0.5, 0.6) is 11.5 Å². The molecule has 4 N–H and O–H groups in total. The van der Waals surface area contributed by atoms with Crippen LogP contribution in [0.1, 0.15) is 36.0 Å². The van der Waals surface area contributed by atoms with Gasteiger partial charge in [0.2, 0.25) is 5.91 Å². The van der Waals surface area contributed by atoms with Crippen molar-refractivity contribution in [3.8, 4) is 11.5 Å². The Labute approximate surface area is 181 Å². The number of anilines is 2. The summed E-state index contributed by atoms with van der Waals surface area (Å²) in [7, 11) is 0. The van der Waals surface area contributed by atoms with Gasteiger partial charge in [-0.25, -0.2) is 0 Å². The summed E-state index contributed by atoms with van der Waals surface area (Å²) >= 11 is 0. The predicted octanol–water partition coefficient (Wildman–Crippen LogP) is 4.39. The number of carbonyl (C=O) groups excluding carboxylic acids is 2. The molecule has 0 saturated heterocycles. The van der Waals surface area contributed by atoms with E-state index >= 15 is 0 Å². The van der Waals surface area contributed by atoms with Crippen LogP contribution in [-0.4, -0.2) is 23.3 Å². The van der Waals surface area contributed by atoms with Gasteiger partial charge in [0.15, 0.2) is 5.75 Å². The SMILES string of the molecule is Nc1c(NC(=O)CCCCCNC(=O)c2cccnc2)cccc1Oc1ccccc1. The van der Waals surface area contributed by atoms with Crippen molar-refractivity contribution >= 4 is 23.2 Å². The zero-order valence-electron chi connectivity index (χ0n) is 17.2. The Hall–Kier alpha value is -3.87. The van der Waals surface area contributed by atoms with Crippen molar-refractivity contribution in [1.82, 2.24) is 10.3 Å². The van der Waals surface area contributed by atoms with Crippen molar-refractivity contribution in [1.29, 1.82) is 0 Å². The van der Waals surface area contributed by atoms with Gasteiger partial charge in [-0.05, 0) is 49.2 Å². The van der Waals surface area contributed by atoms with Crippen molar-refractivity contribution in [2.45, 2.75) is 25.7 Å². The zero-order chi connectivity index (χ0) is 21.9. The number of hydrogen-bond acceptors (Lipinski definition) is 5. The van der Waals surface area contributed by atoms with Crippen LogP contribution >= 0.6 is 0 Å². The number of nitrogens with one attached hydrogen (secondary N) is 2. The number of nitrogens with zero attached hydrogens (tertiary/aromatic N) is 1. The molecule has 31 heavy (non-hydrogen) atoms. The maximum atomic E-state index is 12.3.